The van der Waals surface area contributed by atoms with E-state index in [2.05, 4.69) is 15.9 Å². The molecule has 0 spiro atoms. The SMILES string of the molecule is BrCC1(COCC2CCOC2)CC1. The van der Waals surface area contributed by atoms with Gasteiger partial charge in [0.15, 0.2) is 0 Å². The van der Waals surface area contributed by atoms with Crippen LogP contribution in [0.5, 0.6) is 0 Å². The average Bonchev–Trinajstić information content (AvgIpc) is 2.74. The van der Waals surface area contributed by atoms with Gasteiger partial charge < -0.3 is 9.47 Å². The smallest absolute Gasteiger partial charge is 0.0530 e. The first kappa shape index (κ1) is 9.94. The molecule has 2 aliphatic rings. The van der Waals surface area contributed by atoms with E-state index in [9.17, 15) is 0 Å². The van der Waals surface area contributed by atoms with Crippen molar-refractivity contribution in [3.05, 3.63) is 0 Å². The molecule has 76 valence electrons. The molecule has 2 rings (SSSR count). The van der Waals surface area contributed by atoms with Crippen LogP contribution in [0.4, 0.5) is 0 Å². The Labute approximate surface area is 88.1 Å². The molecule has 3 heteroatoms. The number of halogens is 1. The molecule has 1 heterocycles. The molecule has 1 aliphatic carbocycles. The molecular weight excluding hydrogens is 232 g/mol. The van der Waals surface area contributed by atoms with Gasteiger partial charge in [-0.15, -0.1) is 0 Å². The van der Waals surface area contributed by atoms with Gasteiger partial charge in [-0.25, -0.2) is 0 Å². The van der Waals surface area contributed by atoms with Crippen molar-refractivity contribution in [3.63, 3.8) is 0 Å². The highest BCUT2D eigenvalue weighted by molar-refractivity contribution is 9.09. The van der Waals surface area contributed by atoms with Crippen molar-refractivity contribution < 1.29 is 9.47 Å². The lowest BCUT2D eigenvalue weighted by Crippen LogP contribution is -2.16. The van der Waals surface area contributed by atoms with Gasteiger partial charge >= 0.3 is 0 Å². The maximum Gasteiger partial charge on any atom is 0.0530 e. The fourth-order valence-electron chi connectivity index (χ4n) is 1.65. The molecule has 2 nitrogen and oxygen atoms in total. The predicted molar refractivity (Wildman–Crippen MR) is 55.2 cm³/mol. The van der Waals surface area contributed by atoms with E-state index in [0.29, 0.717) is 11.3 Å². The first-order valence-corrected chi connectivity index (χ1v) is 6.18. The maximum atomic E-state index is 5.73. The van der Waals surface area contributed by atoms with Crippen LogP contribution in [0.1, 0.15) is 19.3 Å². The van der Waals surface area contributed by atoms with Crippen molar-refractivity contribution in [2.24, 2.45) is 11.3 Å². The van der Waals surface area contributed by atoms with Crippen LogP contribution in [0.15, 0.2) is 0 Å². The summed E-state index contributed by atoms with van der Waals surface area (Å²) in [6, 6.07) is 0. The molecule has 1 atom stereocenters. The van der Waals surface area contributed by atoms with Crippen LogP contribution in [0.2, 0.25) is 0 Å². The van der Waals surface area contributed by atoms with Crippen molar-refractivity contribution in [2.75, 3.05) is 31.8 Å². The third kappa shape index (κ3) is 2.67. The van der Waals surface area contributed by atoms with Crippen molar-refractivity contribution in [1.29, 1.82) is 0 Å². The average molecular weight is 249 g/mol. The predicted octanol–water partition coefficient (Wildman–Crippen LogP) is 2.21. The van der Waals surface area contributed by atoms with Crippen molar-refractivity contribution in [1.82, 2.24) is 0 Å². The van der Waals surface area contributed by atoms with Gasteiger partial charge in [-0.05, 0) is 19.3 Å². The van der Waals surface area contributed by atoms with E-state index in [1.165, 1.54) is 19.3 Å². The molecule has 0 aromatic rings. The fourth-order valence-corrected chi connectivity index (χ4v) is 2.37. The number of alkyl halides is 1. The van der Waals surface area contributed by atoms with E-state index in [1.54, 1.807) is 0 Å². The van der Waals surface area contributed by atoms with Crippen molar-refractivity contribution in [2.45, 2.75) is 19.3 Å². The van der Waals surface area contributed by atoms with E-state index in [0.717, 1.165) is 31.8 Å². The van der Waals surface area contributed by atoms with Gasteiger partial charge in [0, 0.05) is 23.3 Å². The summed E-state index contributed by atoms with van der Waals surface area (Å²) in [4.78, 5) is 0. The van der Waals surface area contributed by atoms with Crippen LogP contribution in [-0.2, 0) is 9.47 Å². The van der Waals surface area contributed by atoms with Gasteiger partial charge in [0.25, 0.3) is 0 Å². The highest BCUT2D eigenvalue weighted by Crippen LogP contribution is 2.47. The summed E-state index contributed by atoms with van der Waals surface area (Å²) in [5, 5.41) is 1.10. The number of hydrogen-bond acceptors (Lipinski definition) is 2. The first-order valence-electron chi connectivity index (χ1n) is 5.06. The van der Waals surface area contributed by atoms with Crippen LogP contribution in [0.3, 0.4) is 0 Å². The van der Waals surface area contributed by atoms with Gasteiger partial charge in [-0.2, -0.15) is 0 Å². The van der Waals surface area contributed by atoms with Crippen LogP contribution in [-0.4, -0.2) is 31.8 Å². The fraction of sp³-hybridized carbons (Fsp3) is 1.00. The summed E-state index contributed by atoms with van der Waals surface area (Å²) >= 11 is 3.54. The quantitative estimate of drug-likeness (QED) is 0.695. The Morgan fingerprint density at radius 3 is 2.85 bits per heavy atom. The minimum Gasteiger partial charge on any atom is -0.381 e. The second kappa shape index (κ2) is 4.28. The van der Waals surface area contributed by atoms with Gasteiger partial charge in [0.05, 0.1) is 19.8 Å². The molecule has 1 aliphatic heterocycles. The molecule has 0 aromatic heterocycles. The molecule has 0 aromatic carbocycles. The minimum atomic E-state index is 0.499. The lowest BCUT2D eigenvalue weighted by molar-refractivity contribution is 0.0645. The number of hydrogen-bond donors (Lipinski definition) is 0. The molecule has 1 unspecified atom stereocenters. The second-order valence-corrected chi connectivity index (χ2v) is 4.94. The maximum absolute atomic E-state index is 5.73. The Balaban J connectivity index is 1.58. The Kier molecular flexibility index (Phi) is 3.27. The van der Waals surface area contributed by atoms with Crippen molar-refractivity contribution in [3.8, 4) is 0 Å². The summed E-state index contributed by atoms with van der Waals surface area (Å²) < 4.78 is 11.0. The summed E-state index contributed by atoms with van der Waals surface area (Å²) in [6.07, 6.45) is 3.85. The molecule has 0 N–H and O–H groups in total. The summed E-state index contributed by atoms with van der Waals surface area (Å²) in [6.45, 7) is 3.67. The lowest BCUT2D eigenvalue weighted by Gasteiger charge is -2.14. The monoisotopic (exact) mass is 248 g/mol. The van der Waals surface area contributed by atoms with Crippen LogP contribution in [0, 0.1) is 11.3 Å². The van der Waals surface area contributed by atoms with Crippen molar-refractivity contribution >= 4 is 15.9 Å². The van der Waals surface area contributed by atoms with Crippen LogP contribution >= 0.6 is 15.9 Å². The minimum absolute atomic E-state index is 0.499. The largest absolute Gasteiger partial charge is 0.381 e. The van der Waals surface area contributed by atoms with Gasteiger partial charge in [-0.3, -0.25) is 0 Å². The Morgan fingerprint density at radius 2 is 2.31 bits per heavy atom. The highest BCUT2D eigenvalue weighted by atomic mass is 79.9. The summed E-state index contributed by atoms with van der Waals surface area (Å²) in [5.74, 6) is 0.658. The van der Waals surface area contributed by atoms with Crippen LogP contribution < -0.4 is 0 Å². The lowest BCUT2D eigenvalue weighted by atomic mass is 10.1. The Hall–Kier alpha value is 0.400. The third-order valence-corrected chi connectivity index (χ3v) is 4.22. The summed E-state index contributed by atoms with van der Waals surface area (Å²) in [7, 11) is 0. The molecule has 0 radical (unpaired) electrons. The number of rotatable bonds is 5. The summed E-state index contributed by atoms with van der Waals surface area (Å²) in [5.41, 5.74) is 0.499. The Morgan fingerprint density at radius 1 is 1.46 bits per heavy atom. The molecule has 1 saturated heterocycles. The van der Waals surface area contributed by atoms with Crippen LogP contribution in [0.25, 0.3) is 0 Å². The molecule has 0 bridgehead atoms. The topological polar surface area (TPSA) is 18.5 Å². The normalized spacial score (nSPS) is 30.7. The van der Waals surface area contributed by atoms with Gasteiger partial charge in [0.1, 0.15) is 0 Å². The number of ether oxygens (including phenoxy) is 2. The molecule has 1 saturated carbocycles. The first-order chi connectivity index (χ1) is 6.35. The van der Waals surface area contributed by atoms with E-state index in [4.69, 9.17) is 9.47 Å². The Bertz CT molecular complexity index is 162. The van der Waals surface area contributed by atoms with Gasteiger partial charge in [0.2, 0.25) is 0 Å². The molecule has 0 amide bonds. The van der Waals surface area contributed by atoms with Gasteiger partial charge in [-0.1, -0.05) is 15.9 Å². The van der Waals surface area contributed by atoms with E-state index < -0.39 is 0 Å². The van der Waals surface area contributed by atoms with E-state index in [-0.39, 0.29) is 0 Å². The zero-order valence-corrected chi connectivity index (χ0v) is 9.51. The second-order valence-electron chi connectivity index (χ2n) is 4.38. The highest BCUT2D eigenvalue weighted by Gasteiger charge is 2.41. The zero-order valence-electron chi connectivity index (χ0n) is 7.93. The van der Waals surface area contributed by atoms with E-state index >= 15 is 0 Å². The molecular formula is C10H17BrO2. The standard InChI is InChI=1S/C10H17BrO2/c11-7-10(2-3-10)8-13-6-9-1-4-12-5-9/h9H,1-8H2. The zero-order chi connectivity index (χ0) is 9.15. The molecule has 13 heavy (non-hydrogen) atoms. The molecule has 2 fully saturated rings. The third-order valence-electron chi connectivity index (χ3n) is 3.03. The van der Waals surface area contributed by atoms with E-state index in [1.807, 2.05) is 0 Å².